The Hall–Kier alpha value is -2.47. The Morgan fingerprint density at radius 2 is 1.68 bits per heavy atom. The van der Waals surface area contributed by atoms with Gasteiger partial charge in [0, 0.05) is 21.7 Å². The lowest BCUT2D eigenvalue weighted by atomic mass is 10.2. The monoisotopic (exact) mass is 578 g/mol. The number of hydrogen-bond donors (Lipinski definition) is 1. The zero-order valence-electron chi connectivity index (χ0n) is 17.1. The molecular formula is C22H16BrClF4N2O3S. The average Bonchev–Trinajstić information content (AvgIpc) is 2.75. The van der Waals surface area contributed by atoms with Gasteiger partial charge in [-0.25, -0.2) is 12.8 Å². The molecule has 0 bridgehead atoms. The van der Waals surface area contributed by atoms with Crippen LogP contribution in [-0.4, -0.2) is 25.2 Å². The molecule has 0 saturated carbocycles. The number of amides is 1. The molecule has 12 heteroatoms. The number of halogens is 6. The molecule has 1 amide bonds. The van der Waals surface area contributed by atoms with E-state index in [1.54, 1.807) is 24.3 Å². The van der Waals surface area contributed by atoms with Gasteiger partial charge in [-0.1, -0.05) is 45.7 Å². The second-order valence-electron chi connectivity index (χ2n) is 7.06. The van der Waals surface area contributed by atoms with Crippen LogP contribution in [0.15, 0.2) is 76.1 Å². The van der Waals surface area contributed by atoms with E-state index < -0.39 is 40.0 Å². The lowest BCUT2D eigenvalue weighted by molar-refractivity contribution is -0.140. The van der Waals surface area contributed by atoms with Crippen molar-refractivity contribution in [2.24, 2.45) is 0 Å². The Balaban J connectivity index is 1.90. The quantitative estimate of drug-likeness (QED) is 0.345. The van der Waals surface area contributed by atoms with Crippen molar-refractivity contribution in [3.8, 4) is 0 Å². The molecule has 5 nitrogen and oxygen atoms in total. The van der Waals surface area contributed by atoms with E-state index in [4.69, 9.17) is 11.6 Å². The summed E-state index contributed by atoms with van der Waals surface area (Å²) in [7, 11) is -4.21. The molecule has 180 valence electrons. The van der Waals surface area contributed by atoms with E-state index in [-0.39, 0.29) is 22.2 Å². The van der Waals surface area contributed by atoms with Crippen LogP contribution in [0, 0.1) is 5.82 Å². The summed E-state index contributed by atoms with van der Waals surface area (Å²) in [6, 6.07) is 14.1. The van der Waals surface area contributed by atoms with Crippen LogP contribution in [0.2, 0.25) is 5.02 Å². The van der Waals surface area contributed by atoms with E-state index in [2.05, 4.69) is 21.2 Å². The van der Waals surface area contributed by atoms with Gasteiger partial charge in [0.1, 0.15) is 5.82 Å². The highest BCUT2D eigenvalue weighted by Crippen LogP contribution is 2.33. The van der Waals surface area contributed by atoms with Crippen LogP contribution < -0.4 is 5.32 Å². The molecule has 0 heterocycles. The van der Waals surface area contributed by atoms with Gasteiger partial charge >= 0.3 is 6.18 Å². The second kappa shape index (κ2) is 10.4. The maximum Gasteiger partial charge on any atom is 0.419 e. The van der Waals surface area contributed by atoms with Crippen molar-refractivity contribution in [2.45, 2.75) is 17.6 Å². The Morgan fingerprint density at radius 1 is 1.03 bits per heavy atom. The minimum absolute atomic E-state index is 0.100. The molecule has 0 radical (unpaired) electrons. The topological polar surface area (TPSA) is 66.5 Å². The number of alkyl halides is 3. The molecule has 0 atom stereocenters. The number of carbonyl (C=O) groups excluding carboxylic acids is 1. The fourth-order valence-electron chi connectivity index (χ4n) is 2.98. The summed E-state index contributed by atoms with van der Waals surface area (Å²) < 4.78 is 80.5. The van der Waals surface area contributed by atoms with Crippen molar-refractivity contribution in [1.82, 2.24) is 4.31 Å². The molecular weight excluding hydrogens is 564 g/mol. The predicted molar refractivity (Wildman–Crippen MR) is 123 cm³/mol. The van der Waals surface area contributed by atoms with Crippen LogP contribution in [0.25, 0.3) is 0 Å². The van der Waals surface area contributed by atoms with Gasteiger partial charge in [-0.15, -0.1) is 0 Å². The number of carbonyl (C=O) groups is 1. The van der Waals surface area contributed by atoms with Gasteiger partial charge in [0.25, 0.3) is 0 Å². The Kier molecular flexibility index (Phi) is 8.02. The first-order valence-corrected chi connectivity index (χ1v) is 12.1. The van der Waals surface area contributed by atoms with Gasteiger partial charge in [0.05, 0.1) is 17.0 Å². The molecule has 1 N–H and O–H groups in total. The van der Waals surface area contributed by atoms with Crippen LogP contribution in [0.4, 0.5) is 23.2 Å². The van der Waals surface area contributed by atoms with Crippen molar-refractivity contribution in [1.29, 1.82) is 0 Å². The molecule has 0 unspecified atom stereocenters. The molecule has 3 aromatic carbocycles. The van der Waals surface area contributed by atoms with E-state index in [0.717, 1.165) is 10.4 Å². The van der Waals surface area contributed by atoms with Gasteiger partial charge in [-0.3, -0.25) is 4.79 Å². The minimum atomic E-state index is -4.97. The molecule has 0 aliphatic carbocycles. The van der Waals surface area contributed by atoms with Crippen molar-refractivity contribution >= 4 is 49.1 Å². The zero-order chi connectivity index (χ0) is 25.1. The number of anilines is 1. The number of rotatable bonds is 7. The van der Waals surface area contributed by atoms with E-state index in [1.165, 1.54) is 24.3 Å². The fraction of sp³-hybridized carbons (Fsp3) is 0.136. The molecule has 0 fully saturated rings. The molecule has 0 spiro atoms. The standard InChI is InChI=1S/C22H16BrClF4N2O3S/c23-15-5-8-17(9-6-15)34(32,33)30(12-14-3-1-2-4-19(14)24)13-21(31)29-16-7-10-20(25)18(11-16)22(26,27)28/h1-11H,12-13H2,(H,29,31). The lowest BCUT2D eigenvalue weighted by Gasteiger charge is -2.22. The van der Waals surface area contributed by atoms with Gasteiger partial charge < -0.3 is 5.32 Å². The number of hydrogen-bond acceptors (Lipinski definition) is 3. The van der Waals surface area contributed by atoms with Crippen molar-refractivity contribution < 1.29 is 30.8 Å². The SMILES string of the molecule is O=C(CN(Cc1ccccc1Cl)S(=O)(=O)c1ccc(Br)cc1)Nc1ccc(F)c(C(F)(F)F)c1. The van der Waals surface area contributed by atoms with Crippen LogP contribution in [0.3, 0.4) is 0 Å². The third-order valence-electron chi connectivity index (χ3n) is 4.63. The van der Waals surface area contributed by atoms with Gasteiger partial charge in [0.2, 0.25) is 15.9 Å². The number of nitrogens with zero attached hydrogens (tertiary/aromatic N) is 1. The van der Waals surface area contributed by atoms with Gasteiger partial charge in [-0.2, -0.15) is 17.5 Å². The van der Waals surface area contributed by atoms with Crippen molar-refractivity contribution in [3.05, 3.63) is 93.2 Å². The average molecular weight is 580 g/mol. The Bertz CT molecular complexity index is 1300. The molecule has 0 aliphatic rings. The summed E-state index contributed by atoms with van der Waals surface area (Å²) in [4.78, 5) is 12.5. The third kappa shape index (κ3) is 6.35. The summed E-state index contributed by atoms with van der Waals surface area (Å²) in [5.74, 6) is -2.42. The maximum atomic E-state index is 13.5. The van der Waals surface area contributed by atoms with Crippen LogP contribution in [0.1, 0.15) is 11.1 Å². The highest BCUT2D eigenvalue weighted by atomic mass is 79.9. The van der Waals surface area contributed by atoms with Gasteiger partial charge in [0.15, 0.2) is 0 Å². The third-order valence-corrected chi connectivity index (χ3v) is 7.33. The zero-order valence-corrected chi connectivity index (χ0v) is 20.3. The summed E-state index contributed by atoms with van der Waals surface area (Å²) in [6.45, 7) is -1.01. The van der Waals surface area contributed by atoms with E-state index in [0.29, 0.717) is 22.2 Å². The van der Waals surface area contributed by atoms with Gasteiger partial charge in [-0.05, 0) is 54.1 Å². The van der Waals surface area contributed by atoms with Crippen molar-refractivity contribution in [3.63, 3.8) is 0 Å². The smallest absolute Gasteiger partial charge is 0.325 e. The molecule has 0 saturated heterocycles. The second-order valence-corrected chi connectivity index (χ2v) is 10.3. The van der Waals surface area contributed by atoms with E-state index in [1.807, 2.05) is 0 Å². The first-order valence-electron chi connectivity index (χ1n) is 9.53. The van der Waals surface area contributed by atoms with Crippen LogP contribution in [-0.2, 0) is 27.5 Å². The van der Waals surface area contributed by atoms with Crippen LogP contribution >= 0.6 is 27.5 Å². The number of benzene rings is 3. The lowest BCUT2D eigenvalue weighted by Crippen LogP contribution is -2.37. The summed E-state index contributed by atoms with van der Waals surface area (Å²) >= 11 is 9.37. The summed E-state index contributed by atoms with van der Waals surface area (Å²) in [5.41, 5.74) is -1.48. The maximum absolute atomic E-state index is 13.5. The molecule has 0 aromatic heterocycles. The van der Waals surface area contributed by atoms with Crippen molar-refractivity contribution in [2.75, 3.05) is 11.9 Å². The molecule has 34 heavy (non-hydrogen) atoms. The highest BCUT2D eigenvalue weighted by molar-refractivity contribution is 9.10. The Morgan fingerprint density at radius 3 is 2.29 bits per heavy atom. The first-order chi connectivity index (χ1) is 15.9. The minimum Gasteiger partial charge on any atom is -0.325 e. The predicted octanol–water partition coefficient (Wildman–Crippen LogP) is 6.09. The largest absolute Gasteiger partial charge is 0.419 e. The molecule has 3 aromatic rings. The van der Waals surface area contributed by atoms with E-state index >= 15 is 0 Å². The number of sulfonamides is 1. The Labute approximate surface area is 206 Å². The summed E-state index contributed by atoms with van der Waals surface area (Å²) in [5, 5.41) is 2.46. The summed E-state index contributed by atoms with van der Waals surface area (Å²) in [6.07, 6.45) is -4.97. The first kappa shape index (κ1) is 26.1. The normalized spacial score (nSPS) is 12.1. The van der Waals surface area contributed by atoms with E-state index in [9.17, 15) is 30.8 Å². The molecule has 0 aliphatic heterocycles. The highest BCUT2D eigenvalue weighted by Gasteiger charge is 2.34. The fourth-order valence-corrected chi connectivity index (χ4v) is 4.81. The molecule has 3 rings (SSSR count). The number of nitrogens with one attached hydrogen (secondary N) is 1. The van der Waals surface area contributed by atoms with Crippen LogP contribution in [0.5, 0.6) is 0 Å².